The Morgan fingerprint density at radius 1 is 1.11 bits per heavy atom. The largest absolute Gasteiger partial charge is 0.458 e. The van der Waals surface area contributed by atoms with Crippen LogP contribution < -0.4 is 0 Å². The first kappa shape index (κ1) is 12.2. The van der Waals surface area contributed by atoms with Crippen LogP contribution in [0.1, 0.15) is 59.8 Å². The molecule has 1 spiro atoms. The lowest BCUT2D eigenvalue weighted by atomic mass is 9.49. The van der Waals surface area contributed by atoms with Gasteiger partial charge in [-0.25, -0.2) is 0 Å². The summed E-state index contributed by atoms with van der Waals surface area (Å²) in [5, 5.41) is 0. The monoisotopic (exact) mass is 264 g/mol. The van der Waals surface area contributed by atoms with E-state index in [-0.39, 0.29) is 40.0 Å². The molecule has 2 heterocycles. The molecule has 4 rings (SSSR count). The number of fused-ring (bicyclic) bond motifs is 1. The van der Waals surface area contributed by atoms with Crippen molar-refractivity contribution in [2.24, 2.45) is 16.7 Å². The maximum absolute atomic E-state index is 12.1. The van der Waals surface area contributed by atoms with Crippen molar-refractivity contribution < 1.29 is 14.3 Å². The lowest BCUT2D eigenvalue weighted by Gasteiger charge is -2.52. The van der Waals surface area contributed by atoms with Gasteiger partial charge in [0.2, 0.25) is 0 Å². The first-order valence-corrected chi connectivity index (χ1v) is 7.70. The molecule has 2 saturated carbocycles. The van der Waals surface area contributed by atoms with E-state index >= 15 is 0 Å². The van der Waals surface area contributed by atoms with Gasteiger partial charge in [0.25, 0.3) is 0 Å². The quantitative estimate of drug-likeness (QED) is 0.498. The number of esters is 1. The Kier molecular flexibility index (Phi) is 1.94. The van der Waals surface area contributed by atoms with Gasteiger partial charge in [0.1, 0.15) is 11.7 Å². The average Bonchev–Trinajstić information content (AvgIpc) is 2.92. The van der Waals surface area contributed by atoms with E-state index in [0.29, 0.717) is 0 Å². The second-order valence-electron chi connectivity index (χ2n) is 8.03. The number of hydrogen-bond donors (Lipinski definition) is 0. The standard InChI is InChI=1S/C16H24O3/c1-10-11(17)18-12-14(10,3)9-8-13(2)6-5-7-15(4)16(12,13)19-15/h10,12H,5-9H2,1-4H3/t10-,12?,13+,14?,15?,16?/m0/s1. The minimum atomic E-state index is -0.203. The predicted molar refractivity (Wildman–Crippen MR) is 70.6 cm³/mol. The van der Waals surface area contributed by atoms with Gasteiger partial charge in [0.15, 0.2) is 0 Å². The molecular formula is C16H24O3. The van der Waals surface area contributed by atoms with E-state index in [9.17, 15) is 4.79 Å². The molecule has 3 nitrogen and oxygen atoms in total. The Hall–Kier alpha value is -0.570. The SMILES string of the molecule is C[C@H]1C(=O)OC2C1(C)CC[C@@]1(C)CCCC3(C)OC231. The van der Waals surface area contributed by atoms with Crippen molar-refractivity contribution in [1.29, 1.82) is 0 Å². The fourth-order valence-corrected chi connectivity index (χ4v) is 5.58. The van der Waals surface area contributed by atoms with E-state index in [1.54, 1.807) is 0 Å². The average molecular weight is 264 g/mol. The minimum Gasteiger partial charge on any atom is -0.458 e. The fraction of sp³-hybridized carbons (Fsp3) is 0.938. The molecule has 4 fully saturated rings. The third kappa shape index (κ3) is 1.06. The molecule has 0 bridgehead atoms. The molecule has 106 valence electrons. The summed E-state index contributed by atoms with van der Waals surface area (Å²) in [6, 6.07) is 0. The second kappa shape index (κ2) is 3.03. The minimum absolute atomic E-state index is 0.00630. The fourth-order valence-electron chi connectivity index (χ4n) is 5.58. The van der Waals surface area contributed by atoms with Crippen LogP contribution in [0, 0.1) is 16.7 Å². The molecule has 4 unspecified atom stereocenters. The van der Waals surface area contributed by atoms with Crippen LogP contribution in [-0.4, -0.2) is 23.3 Å². The van der Waals surface area contributed by atoms with Crippen LogP contribution in [0.15, 0.2) is 0 Å². The number of hydrogen-bond acceptors (Lipinski definition) is 3. The number of carbonyl (C=O) groups is 1. The topological polar surface area (TPSA) is 38.8 Å². The van der Waals surface area contributed by atoms with E-state index in [2.05, 4.69) is 20.8 Å². The van der Waals surface area contributed by atoms with Gasteiger partial charge in [-0.15, -0.1) is 0 Å². The molecule has 2 aliphatic carbocycles. The van der Waals surface area contributed by atoms with E-state index in [1.807, 2.05) is 6.92 Å². The van der Waals surface area contributed by atoms with Crippen LogP contribution in [0.2, 0.25) is 0 Å². The van der Waals surface area contributed by atoms with E-state index in [1.165, 1.54) is 12.8 Å². The summed E-state index contributed by atoms with van der Waals surface area (Å²) in [5.41, 5.74) is -0.109. The molecule has 0 aromatic carbocycles. The Morgan fingerprint density at radius 3 is 2.58 bits per heavy atom. The first-order chi connectivity index (χ1) is 8.79. The van der Waals surface area contributed by atoms with Crippen LogP contribution in [0.25, 0.3) is 0 Å². The maximum atomic E-state index is 12.1. The molecule has 0 radical (unpaired) electrons. The Morgan fingerprint density at radius 2 is 1.84 bits per heavy atom. The normalized spacial score (nSPS) is 62.8. The van der Waals surface area contributed by atoms with Gasteiger partial charge in [0, 0.05) is 10.8 Å². The summed E-state index contributed by atoms with van der Waals surface area (Å²) in [4.78, 5) is 12.1. The Labute approximate surface area is 115 Å². The van der Waals surface area contributed by atoms with Crippen LogP contribution in [-0.2, 0) is 14.3 Å². The zero-order valence-electron chi connectivity index (χ0n) is 12.4. The van der Waals surface area contributed by atoms with Gasteiger partial charge in [-0.05, 0) is 39.0 Å². The van der Waals surface area contributed by atoms with Gasteiger partial charge in [-0.2, -0.15) is 0 Å². The molecule has 2 saturated heterocycles. The highest BCUT2D eigenvalue weighted by Gasteiger charge is 2.85. The highest BCUT2D eigenvalue weighted by molar-refractivity contribution is 5.76. The van der Waals surface area contributed by atoms with Crippen molar-refractivity contribution in [3.05, 3.63) is 0 Å². The molecule has 0 aromatic heterocycles. The summed E-state index contributed by atoms with van der Waals surface area (Å²) in [6.45, 7) is 8.85. The number of ether oxygens (including phenoxy) is 2. The molecule has 0 aromatic rings. The van der Waals surface area contributed by atoms with Crippen molar-refractivity contribution in [2.75, 3.05) is 0 Å². The van der Waals surface area contributed by atoms with E-state index in [0.717, 1.165) is 19.3 Å². The molecule has 0 amide bonds. The highest BCUT2D eigenvalue weighted by atomic mass is 16.7. The summed E-state index contributed by atoms with van der Waals surface area (Å²) < 4.78 is 12.2. The van der Waals surface area contributed by atoms with E-state index in [4.69, 9.17) is 9.47 Å². The van der Waals surface area contributed by atoms with Gasteiger partial charge < -0.3 is 9.47 Å². The molecule has 19 heavy (non-hydrogen) atoms. The Balaban J connectivity index is 1.84. The smallest absolute Gasteiger partial charge is 0.309 e. The summed E-state index contributed by atoms with van der Waals surface area (Å²) in [5.74, 6) is -0.0126. The highest BCUT2D eigenvalue weighted by Crippen LogP contribution is 2.75. The third-order valence-corrected chi connectivity index (χ3v) is 7.17. The molecule has 4 aliphatic rings. The van der Waals surface area contributed by atoms with Crippen molar-refractivity contribution in [1.82, 2.24) is 0 Å². The van der Waals surface area contributed by atoms with Gasteiger partial charge >= 0.3 is 5.97 Å². The first-order valence-electron chi connectivity index (χ1n) is 7.70. The summed E-state index contributed by atoms with van der Waals surface area (Å²) in [7, 11) is 0. The Bertz CT molecular complexity index is 475. The van der Waals surface area contributed by atoms with Crippen molar-refractivity contribution in [2.45, 2.75) is 77.1 Å². The number of epoxide rings is 1. The summed E-state index contributed by atoms with van der Waals surface area (Å²) >= 11 is 0. The van der Waals surface area contributed by atoms with Crippen LogP contribution in [0.4, 0.5) is 0 Å². The van der Waals surface area contributed by atoms with E-state index < -0.39 is 0 Å². The van der Waals surface area contributed by atoms with Crippen molar-refractivity contribution in [3.63, 3.8) is 0 Å². The van der Waals surface area contributed by atoms with Crippen molar-refractivity contribution in [3.8, 4) is 0 Å². The molecule has 0 N–H and O–H groups in total. The number of rotatable bonds is 0. The maximum Gasteiger partial charge on any atom is 0.309 e. The van der Waals surface area contributed by atoms with Crippen LogP contribution >= 0.6 is 0 Å². The predicted octanol–water partition coefficient (Wildman–Crippen LogP) is 3.07. The third-order valence-electron chi connectivity index (χ3n) is 7.17. The lowest BCUT2D eigenvalue weighted by Crippen LogP contribution is -2.60. The molecule has 3 heteroatoms. The zero-order valence-corrected chi connectivity index (χ0v) is 12.4. The second-order valence-corrected chi connectivity index (χ2v) is 8.03. The molecule has 6 atom stereocenters. The zero-order chi connectivity index (χ0) is 13.7. The molecular weight excluding hydrogens is 240 g/mol. The van der Waals surface area contributed by atoms with Crippen LogP contribution in [0.3, 0.4) is 0 Å². The van der Waals surface area contributed by atoms with Crippen molar-refractivity contribution >= 4 is 5.97 Å². The van der Waals surface area contributed by atoms with Gasteiger partial charge in [-0.3, -0.25) is 4.79 Å². The van der Waals surface area contributed by atoms with Crippen LogP contribution in [0.5, 0.6) is 0 Å². The van der Waals surface area contributed by atoms with Gasteiger partial charge in [-0.1, -0.05) is 20.8 Å². The summed E-state index contributed by atoms with van der Waals surface area (Å²) in [6.07, 6.45) is 5.77. The lowest BCUT2D eigenvalue weighted by molar-refractivity contribution is -0.154. The molecule has 2 aliphatic heterocycles. The number of carbonyl (C=O) groups excluding carboxylic acids is 1. The van der Waals surface area contributed by atoms with Gasteiger partial charge in [0.05, 0.1) is 11.5 Å².